The van der Waals surface area contributed by atoms with Crippen LogP contribution in [0.1, 0.15) is 11.1 Å². The molecule has 0 atom stereocenters. The highest BCUT2D eigenvalue weighted by Crippen LogP contribution is 2.49. The van der Waals surface area contributed by atoms with Crippen LogP contribution in [0.2, 0.25) is 0 Å². The van der Waals surface area contributed by atoms with E-state index >= 15 is 0 Å². The van der Waals surface area contributed by atoms with Gasteiger partial charge in [-0.3, -0.25) is 10.7 Å². The highest BCUT2D eigenvalue weighted by atomic mass is 16.5. The zero-order chi connectivity index (χ0) is 25.2. The van der Waals surface area contributed by atoms with Gasteiger partial charge in [0.05, 0.1) is 14.2 Å². The van der Waals surface area contributed by atoms with Crippen LogP contribution in [0.15, 0.2) is 66.7 Å². The minimum absolute atomic E-state index is 0.0857. The zero-order valence-corrected chi connectivity index (χ0v) is 20.3. The van der Waals surface area contributed by atoms with Gasteiger partial charge in [0, 0.05) is 20.2 Å². The monoisotopic (exact) mass is 478 g/mol. The first-order chi connectivity index (χ1) is 16.9. The van der Waals surface area contributed by atoms with E-state index in [0.717, 1.165) is 11.1 Å². The van der Waals surface area contributed by atoms with E-state index in [0.29, 0.717) is 11.5 Å². The summed E-state index contributed by atoms with van der Waals surface area (Å²) in [6.07, 6.45) is 0. The van der Waals surface area contributed by atoms with Crippen molar-refractivity contribution in [2.45, 2.75) is 13.2 Å². The number of nitrogens with zero attached hydrogens (tertiary/aromatic N) is 1. The molecule has 0 saturated heterocycles. The number of anilines is 1. The summed E-state index contributed by atoms with van der Waals surface area (Å²) in [5, 5.41) is 13.1. The van der Waals surface area contributed by atoms with Crippen molar-refractivity contribution in [2.24, 2.45) is 0 Å². The van der Waals surface area contributed by atoms with E-state index in [1.165, 1.54) is 19.1 Å². The predicted octanol–water partition coefficient (Wildman–Crippen LogP) is 4.48. The average molecular weight is 479 g/mol. The van der Waals surface area contributed by atoms with Crippen LogP contribution in [-0.2, 0) is 13.2 Å². The van der Waals surface area contributed by atoms with Gasteiger partial charge in [-0.1, -0.05) is 60.7 Å². The largest absolute Gasteiger partial charge is 0.491 e. The SMILES string of the molecule is COc1c(OCc2ccccc2)cc(OCc2ccccc2)c(OC)c1NC(=O)NC(=N)N(C)C. The molecule has 0 heterocycles. The highest BCUT2D eigenvalue weighted by molar-refractivity contribution is 6.03. The predicted molar refractivity (Wildman–Crippen MR) is 135 cm³/mol. The van der Waals surface area contributed by atoms with Gasteiger partial charge in [0.2, 0.25) is 0 Å². The summed E-state index contributed by atoms with van der Waals surface area (Å²) in [6, 6.07) is 20.4. The van der Waals surface area contributed by atoms with Crippen molar-refractivity contribution >= 4 is 17.7 Å². The van der Waals surface area contributed by atoms with Gasteiger partial charge in [0.15, 0.2) is 29.0 Å². The van der Waals surface area contributed by atoms with Crippen molar-refractivity contribution in [3.63, 3.8) is 0 Å². The van der Waals surface area contributed by atoms with Gasteiger partial charge in [-0.15, -0.1) is 0 Å². The second-order valence-electron chi connectivity index (χ2n) is 7.69. The van der Waals surface area contributed by atoms with Crippen molar-refractivity contribution in [3.8, 4) is 23.0 Å². The number of urea groups is 1. The van der Waals surface area contributed by atoms with Crippen LogP contribution in [0, 0.1) is 5.41 Å². The molecule has 0 bridgehead atoms. The Balaban J connectivity index is 1.97. The van der Waals surface area contributed by atoms with Gasteiger partial charge in [0.25, 0.3) is 0 Å². The maximum absolute atomic E-state index is 12.7. The summed E-state index contributed by atoms with van der Waals surface area (Å²) in [7, 11) is 6.24. The van der Waals surface area contributed by atoms with Crippen molar-refractivity contribution < 1.29 is 23.7 Å². The third-order valence-electron chi connectivity index (χ3n) is 4.96. The van der Waals surface area contributed by atoms with Crippen LogP contribution in [-0.4, -0.2) is 45.2 Å². The number of carbonyl (C=O) groups excluding carboxylic acids is 1. The first-order valence-corrected chi connectivity index (χ1v) is 10.9. The molecule has 35 heavy (non-hydrogen) atoms. The van der Waals surface area contributed by atoms with Gasteiger partial charge >= 0.3 is 6.03 Å². The topological polar surface area (TPSA) is 105 Å². The number of guanidine groups is 1. The first kappa shape index (κ1) is 25.2. The fourth-order valence-electron chi connectivity index (χ4n) is 3.17. The number of nitrogens with one attached hydrogen (secondary N) is 3. The minimum atomic E-state index is -0.644. The molecule has 0 radical (unpaired) electrons. The van der Waals surface area contributed by atoms with E-state index in [1.807, 2.05) is 60.7 Å². The molecular formula is C26H30N4O5. The lowest BCUT2D eigenvalue weighted by atomic mass is 10.2. The summed E-state index contributed by atoms with van der Waals surface area (Å²) in [6.45, 7) is 0.553. The average Bonchev–Trinajstić information content (AvgIpc) is 2.87. The van der Waals surface area contributed by atoms with Crippen LogP contribution in [0.5, 0.6) is 23.0 Å². The highest BCUT2D eigenvalue weighted by Gasteiger charge is 2.24. The maximum atomic E-state index is 12.7. The molecule has 0 fully saturated rings. The van der Waals surface area contributed by atoms with E-state index in [9.17, 15) is 4.79 Å². The number of rotatable bonds is 9. The molecule has 0 aliphatic heterocycles. The third kappa shape index (κ3) is 6.80. The third-order valence-corrected chi connectivity index (χ3v) is 4.96. The molecule has 9 heteroatoms. The maximum Gasteiger partial charge on any atom is 0.326 e. The lowest BCUT2D eigenvalue weighted by molar-refractivity contribution is 0.253. The Morgan fingerprint density at radius 1 is 0.829 bits per heavy atom. The van der Waals surface area contributed by atoms with E-state index in [1.54, 1.807) is 20.2 Å². The van der Waals surface area contributed by atoms with E-state index < -0.39 is 6.03 Å². The molecule has 3 aromatic carbocycles. The van der Waals surface area contributed by atoms with Gasteiger partial charge in [-0.25, -0.2) is 4.79 Å². The van der Waals surface area contributed by atoms with Crippen molar-refractivity contribution in [3.05, 3.63) is 77.9 Å². The van der Waals surface area contributed by atoms with Gasteiger partial charge in [-0.2, -0.15) is 0 Å². The summed E-state index contributed by atoms with van der Waals surface area (Å²) in [4.78, 5) is 14.1. The molecule has 3 rings (SSSR count). The standard InChI is InChI=1S/C26H30N4O5/c1-30(2)25(27)29-26(31)28-22-23(32-3)20(34-16-18-11-7-5-8-12-18)15-21(24(22)33-4)35-17-19-13-9-6-10-14-19/h5-15H,16-17H2,1-4H3,(H3,27,28,29,31). The fraction of sp³-hybridized carbons (Fsp3) is 0.231. The summed E-state index contributed by atoms with van der Waals surface area (Å²) in [5.41, 5.74) is 2.14. The van der Waals surface area contributed by atoms with E-state index in [-0.39, 0.29) is 36.4 Å². The molecule has 0 saturated carbocycles. The van der Waals surface area contributed by atoms with Crippen LogP contribution in [0.4, 0.5) is 10.5 Å². The van der Waals surface area contributed by atoms with Gasteiger partial charge in [0.1, 0.15) is 18.9 Å². The van der Waals surface area contributed by atoms with Crippen molar-refractivity contribution in [2.75, 3.05) is 33.6 Å². The smallest absolute Gasteiger partial charge is 0.326 e. The first-order valence-electron chi connectivity index (χ1n) is 10.9. The van der Waals surface area contributed by atoms with Gasteiger partial charge < -0.3 is 29.2 Å². The van der Waals surface area contributed by atoms with Crippen molar-refractivity contribution in [1.82, 2.24) is 10.2 Å². The Bertz CT molecular complexity index is 1070. The molecule has 0 unspecified atom stereocenters. The Morgan fingerprint density at radius 3 is 1.69 bits per heavy atom. The number of methoxy groups -OCH3 is 2. The number of hydrogen-bond donors (Lipinski definition) is 3. The number of benzene rings is 3. The summed E-state index contributed by atoms with van der Waals surface area (Å²) in [5.74, 6) is 1.15. The Kier molecular flexibility index (Phi) is 8.77. The number of ether oxygens (including phenoxy) is 4. The van der Waals surface area contributed by atoms with E-state index in [2.05, 4.69) is 10.6 Å². The molecule has 0 aromatic heterocycles. The minimum Gasteiger partial charge on any atom is -0.491 e. The molecule has 3 aromatic rings. The summed E-state index contributed by atoms with van der Waals surface area (Å²) >= 11 is 0. The molecule has 0 aliphatic carbocycles. The second kappa shape index (κ2) is 12.2. The van der Waals surface area contributed by atoms with E-state index in [4.69, 9.17) is 24.4 Å². The van der Waals surface area contributed by atoms with Crippen molar-refractivity contribution in [1.29, 1.82) is 5.41 Å². The van der Waals surface area contributed by atoms with Crippen LogP contribution < -0.4 is 29.6 Å². The number of carbonyl (C=O) groups is 1. The summed E-state index contributed by atoms with van der Waals surface area (Å²) < 4.78 is 23.4. The molecule has 3 N–H and O–H groups in total. The molecular weight excluding hydrogens is 448 g/mol. The Morgan fingerprint density at radius 2 is 1.29 bits per heavy atom. The second-order valence-corrected chi connectivity index (χ2v) is 7.69. The molecule has 0 aliphatic rings. The quantitative estimate of drug-likeness (QED) is 0.309. The fourth-order valence-corrected chi connectivity index (χ4v) is 3.17. The normalized spacial score (nSPS) is 10.2. The van der Waals surface area contributed by atoms with Gasteiger partial charge in [-0.05, 0) is 11.1 Å². The molecule has 0 spiro atoms. The van der Waals surface area contributed by atoms with Crippen LogP contribution in [0.25, 0.3) is 0 Å². The molecule has 9 nitrogen and oxygen atoms in total. The number of amides is 2. The lowest BCUT2D eigenvalue weighted by Crippen LogP contribution is -2.41. The number of hydrogen-bond acceptors (Lipinski definition) is 6. The zero-order valence-electron chi connectivity index (χ0n) is 20.3. The Hall–Kier alpha value is -4.40. The molecule has 184 valence electrons. The lowest BCUT2D eigenvalue weighted by Gasteiger charge is -2.22. The Labute approximate surface area is 205 Å². The molecule has 2 amide bonds. The van der Waals surface area contributed by atoms with Crippen LogP contribution in [0.3, 0.4) is 0 Å². The van der Waals surface area contributed by atoms with Crippen LogP contribution >= 0.6 is 0 Å².